The lowest BCUT2D eigenvalue weighted by Gasteiger charge is -2.19. The van der Waals surface area contributed by atoms with Crippen LogP contribution in [0.15, 0.2) is 47.4 Å². The number of aromatic nitrogens is 1. The number of carboxylic acids is 1. The van der Waals surface area contributed by atoms with Crippen LogP contribution in [0.4, 0.5) is 8.78 Å². The summed E-state index contributed by atoms with van der Waals surface area (Å²) >= 11 is 0. The topological polar surface area (TPSA) is 140 Å². The van der Waals surface area contributed by atoms with Crippen molar-refractivity contribution >= 4 is 18.7 Å². The van der Waals surface area contributed by atoms with Crippen LogP contribution in [-0.4, -0.2) is 54.9 Å². The zero-order chi connectivity index (χ0) is 38.4. The highest BCUT2D eigenvalue weighted by Gasteiger charge is 2.21. The maximum absolute atomic E-state index is 14.6. The molecule has 0 radical (unpaired) electrons. The average molecular weight is 701 g/mol. The van der Waals surface area contributed by atoms with Crippen LogP contribution in [-0.2, 0) is 9.59 Å². The smallest absolute Gasteiger partial charge is 0.305 e. The van der Waals surface area contributed by atoms with Gasteiger partial charge in [0.1, 0.15) is 24.0 Å². The molecular weight excluding hydrogens is 642 g/mol. The monoisotopic (exact) mass is 700 g/mol. The second kappa shape index (κ2) is 24.8. The molecule has 1 aliphatic rings. The molecule has 4 rings (SSSR count). The molecule has 1 aliphatic carbocycles. The third kappa shape index (κ3) is 16.5. The number of rotatable bonds is 12. The Morgan fingerprint density at radius 3 is 2.08 bits per heavy atom. The molecule has 11 heteroatoms. The van der Waals surface area contributed by atoms with Gasteiger partial charge in [-0.25, -0.2) is 8.78 Å². The van der Waals surface area contributed by atoms with E-state index >= 15 is 0 Å². The summed E-state index contributed by atoms with van der Waals surface area (Å²) < 4.78 is 28.1. The maximum atomic E-state index is 14.6. The largest absolute Gasteiger partial charge is 0.481 e. The summed E-state index contributed by atoms with van der Waals surface area (Å²) in [5, 5.41) is 18.0. The van der Waals surface area contributed by atoms with E-state index in [2.05, 4.69) is 41.7 Å². The van der Waals surface area contributed by atoms with Gasteiger partial charge >= 0.3 is 5.97 Å². The molecule has 1 aromatic heterocycles. The molecule has 1 fully saturated rings. The average Bonchev–Trinajstić information content (AvgIpc) is 3.91. The fraction of sp³-hybridized carbons (Fsp3) is 0.487. The van der Waals surface area contributed by atoms with Gasteiger partial charge in [0.05, 0.1) is 6.42 Å². The van der Waals surface area contributed by atoms with Gasteiger partial charge in [-0.2, -0.15) is 0 Å². The molecule has 1 unspecified atom stereocenters. The number of aromatic amines is 1. The highest BCUT2D eigenvalue weighted by Crippen LogP contribution is 2.33. The lowest BCUT2D eigenvalue weighted by atomic mass is 9.90. The molecule has 2 aromatic carbocycles. The minimum Gasteiger partial charge on any atom is -0.481 e. The van der Waals surface area contributed by atoms with E-state index in [1.165, 1.54) is 50.2 Å². The standard InChI is InChI=1S/C19H21F2NO2.C11H16N2O2.C6H13N.C2H6.CH2O/c1-10-6-14(20)7-11(2)18(10)13-5-12(3)19(21)15(8-13)16(22-4)9-17(23)24;1-8(2)5-7-13-11(15)9-4-3-6-12-10(9)14;1-2-5-7-6-3-4-6;2*1-2/h5-8,16,22H,9H2,1-4H3,(H,23,24);3-4,6,8H,5,7H2,1-2H3,(H,12,14)(H,13,15);6-7H,2-5H2,1H3;1-2H3;1H2. The molecule has 1 heterocycles. The van der Waals surface area contributed by atoms with E-state index in [4.69, 9.17) is 9.90 Å². The van der Waals surface area contributed by atoms with E-state index in [0.717, 1.165) is 34.7 Å². The number of H-pyrrole nitrogens is 1. The van der Waals surface area contributed by atoms with Crippen molar-refractivity contribution in [3.63, 3.8) is 0 Å². The summed E-state index contributed by atoms with van der Waals surface area (Å²) in [6, 6.07) is 9.66. The second-order valence-electron chi connectivity index (χ2n) is 12.1. The molecule has 1 amide bonds. The summed E-state index contributed by atoms with van der Waals surface area (Å²) in [4.78, 5) is 44.3. The van der Waals surface area contributed by atoms with Gasteiger partial charge in [0.25, 0.3) is 11.5 Å². The van der Waals surface area contributed by atoms with Crippen LogP contribution < -0.4 is 21.5 Å². The third-order valence-electron chi connectivity index (χ3n) is 7.50. The number of nitrogens with one attached hydrogen (secondary N) is 4. The minimum absolute atomic E-state index is 0.168. The van der Waals surface area contributed by atoms with Gasteiger partial charge < -0.3 is 30.8 Å². The van der Waals surface area contributed by atoms with E-state index in [1.807, 2.05) is 20.6 Å². The van der Waals surface area contributed by atoms with Gasteiger partial charge in [-0.05, 0) is 130 Å². The lowest BCUT2D eigenvalue weighted by Crippen LogP contribution is -2.30. The molecular formula is C39H58F2N4O5. The maximum Gasteiger partial charge on any atom is 0.305 e. The van der Waals surface area contributed by atoms with Crippen molar-refractivity contribution in [2.45, 2.75) is 99.6 Å². The zero-order valence-electron chi connectivity index (χ0n) is 31.3. The van der Waals surface area contributed by atoms with Crippen LogP contribution in [0.3, 0.4) is 0 Å². The first-order valence-corrected chi connectivity index (χ1v) is 17.2. The van der Waals surface area contributed by atoms with E-state index in [9.17, 15) is 23.2 Å². The summed E-state index contributed by atoms with van der Waals surface area (Å²) in [7, 11) is 1.60. The first-order chi connectivity index (χ1) is 23.8. The van der Waals surface area contributed by atoms with Crippen molar-refractivity contribution in [1.82, 2.24) is 20.9 Å². The van der Waals surface area contributed by atoms with Gasteiger partial charge in [-0.15, -0.1) is 0 Å². The van der Waals surface area contributed by atoms with Gasteiger partial charge in [-0.3, -0.25) is 14.4 Å². The highest BCUT2D eigenvalue weighted by atomic mass is 19.1. The summed E-state index contributed by atoms with van der Waals surface area (Å²) in [6.45, 7) is 19.4. The first-order valence-electron chi connectivity index (χ1n) is 17.2. The number of carbonyl (C=O) groups is 3. The number of carbonyl (C=O) groups excluding carboxylic acids is 2. The van der Waals surface area contributed by atoms with E-state index in [0.29, 0.717) is 23.6 Å². The minimum atomic E-state index is -1.01. The van der Waals surface area contributed by atoms with E-state index in [-0.39, 0.29) is 29.3 Å². The van der Waals surface area contributed by atoms with Crippen LogP contribution in [0, 0.1) is 38.3 Å². The Labute approximate surface area is 296 Å². The Balaban J connectivity index is 0.000000781. The van der Waals surface area contributed by atoms with Crippen LogP contribution in [0.1, 0.15) is 105 Å². The van der Waals surface area contributed by atoms with Gasteiger partial charge in [0.2, 0.25) is 0 Å². The van der Waals surface area contributed by atoms with Crippen molar-refractivity contribution in [3.8, 4) is 11.1 Å². The number of aryl methyl sites for hydroxylation is 3. The number of halogens is 2. The third-order valence-corrected chi connectivity index (χ3v) is 7.50. The molecule has 3 aromatic rings. The van der Waals surface area contributed by atoms with E-state index in [1.54, 1.807) is 46.0 Å². The molecule has 50 heavy (non-hydrogen) atoms. The fourth-order valence-electron chi connectivity index (χ4n) is 4.91. The van der Waals surface area contributed by atoms with Crippen LogP contribution in [0.2, 0.25) is 0 Å². The van der Waals surface area contributed by atoms with Crippen LogP contribution in [0.5, 0.6) is 0 Å². The molecule has 1 saturated carbocycles. The van der Waals surface area contributed by atoms with Crippen LogP contribution in [0.25, 0.3) is 11.1 Å². The van der Waals surface area contributed by atoms with Crippen LogP contribution >= 0.6 is 0 Å². The molecule has 0 spiro atoms. The summed E-state index contributed by atoms with van der Waals surface area (Å²) in [5.41, 5.74) is 3.65. The quantitative estimate of drug-likeness (QED) is 0.132. The molecule has 5 N–H and O–H groups in total. The Bertz CT molecular complexity index is 1500. The molecule has 0 saturated heterocycles. The van der Waals surface area contributed by atoms with Crippen molar-refractivity contribution in [2.24, 2.45) is 5.92 Å². The predicted octanol–water partition coefficient (Wildman–Crippen LogP) is 7.43. The number of pyridine rings is 1. The molecule has 0 bridgehead atoms. The fourth-order valence-corrected chi connectivity index (χ4v) is 4.91. The molecule has 0 aliphatic heterocycles. The number of hydrogen-bond donors (Lipinski definition) is 5. The number of benzene rings is 2. The van der Waals surface area contributed by atoms with Gasteiger partial charge in [0.15, 0.2) is 0 Å². The number of hydrogen-bond acceptors (Lipinski definition) is 6. The second-order valence-corrected chi connectivity index (χ2v) is 12.1. The Kier molecular flexibility index (Phi) is 22.7. The number of aliphatic carboxylic acids is 1. The normalized spacial score (nSPS) is 12.0. The SMILES string of the molecule is C=O.CC.CC(C)CCNC(=O)c1ccc[nH]c1=O.CCCNC1CC1.CNC(CC(=O)O)c1cc(-c2c(C)cc(F)cc2C)cc(C)c1F. The van der Waals surface area contributed by atoms with Gasteiger partial charge in [-0.1, -0.05) is 34.6 Å². The van der Waals surface area contributed by atoms with Crippen molar-refractivity contribution in [2.75, 3.05) is 20.1 Å². The first kappa shape index (κ1) is 45.8. The van der Waals surface area contributed by atoms with E-state index < -0.39 is 17.8 Å². The van der Waals surface area contributed by atoms with Gasteiger partial charge in [0, 0.05) is 30.4 Å². The molecule has 1 atom stereocenters. The van der Waals surface area contributed by atoms with Crippen molar-refractivity contribution in [3.05, 3.63) is 92.4 Å². The molecule has 278 valence electrons. The number of carboxylic acid groups (broad SMARTS) is 1. The van der Waals surface area contributed by atoms with Crippen molar-refractivity contribution < 1.29 is 28.3 Å². The lowest BCUT2D eigenvalue weighted by molar-refractivity contribution is -0.137. The Hall–Kier alpha value is -4.22. The Morgan fingerprint density at radius 1 is 1.00 bits per heavy atom. The Morgan fingerprint density at radius 2 is 1.60 bits per heavy atom. The highest BCUT2D eigenvalue weighted by molar-refractivity contribution is 5.93. The zero-order valence-corrected chi connectivity index (χ0v) is 31.3. The predicted molar refractivity (Wildman–Crippen MR) is 199 cm³/mol. The molecule has 9 nitrogen and oxygen atoms in total. The van der Waals surface area contributed by atoms with Crippen molar-refractivity contribution in [1.29, 1.82) is 0 Å². The summed E-state index contributed by atoms with van der Waals surface area (Å²) in [5.74, 6) is -1.51. The number of amides is 1. The summed E-state index contributed by atoms with van der Waals surface area (Å²) in [6.07, 6.45) is 6.30.